The van der Waals surface area contributed by atoms with E-state index in [1.165, 1.54) is 11.3 Å². The van der Waals surface area contributed by atoms with Crippen LogP contribution in [0.3, 0.4) is 0 Å². The average Bonchev–Trinajstić information content (AvgIpc) is 3.13. The Morgan fingerprint density at radius 2 is 2.04 bits per heavy atom. The zero-order valence-electron chi connectivity index (χ0n) is 14.4. The molecule has 0 bridgehead atoms. The zero-order chi connectivity index (χ0) is 18.4. The quantitative estimate of drug-likeness (QED) is 0.498. The van der Waals surface area contributed by atoms with E-state index >= 15 is 0 Å². The first-order valence-corrected chi connectivity index (χ1v) is 9.48. The summed E-state index contributed by atoms with van der Waals surface area (Å²) < 4.78 is 13.8. The number of rotatable bonds is 3. The smallest absolute Gasteiger partial charge is 0.274 e. The third-order valence-corrected chi connectivity index (χ3v) is 5.78. The number of hydrogen-bond donors (Lipinski definition) is 0. The second-order valence-corrected chi connectivity index (χ2v) is 7.69. The SMILES string of the molecule is COc1cc(/C=c2\sc3nc4c(C)cccc4n3c2=O)cc(Br)c1OC. The summed E-state index contributed by atoms with van der Waals surface area (Å²) in [6.07, 6.45) is 1.84. The van der Waals surface area contributed by atoms with Crippen LogP contribution in [-0.2, 0) is 0 Å². The zero-order valence-corrected chi connectivity index (χ0v) is 16.8. The third-order valence-electron chi connectivity index (χ3n) is 4.22. The number of aromatic nitrogens is 2. The Morgan fingerprint density at radius 3 is 2.77 bits per heavy atom. The maximum atomic E-state index is 12.9. The molecule has 0 unspecified atom stereocenters. The number of fused-ring (bicyclic) bond motifs is 3. The van der Waals surface area contributed by atoms with Gasteiger partial charge < -0.3 is 9.47 Å². The number of para-hydroxylation sites is 1. The van der Waals surface area contributed by atoms with Gasteiger partial charge in [-0.25, -0.2) is 9.38 Å². The molecule has 26 heavy (non-hydrogen) atoms. The molecule has 4 rings (SSSR count). The summed E-state index contributed by atoms with van der Waals surface area (Å²) in [4.78, 5) is 18.2. The van der Waals surface area contributed by atoms with Crippen molar-refractivity contribution in [2.24, 2.45) is 0 Å². The highest BCUT2D eigenvalue weighted by molar-refractivity contribution is 9.10. The first-order valence-electron chi connectivity index (χ1n) is 7.87. The van der Waals surface area contributed by atoms with E-state index in [1.807, 2.05) is 43.3 Å². The van der Waals surface area contributed by atoms with Crippen molar-refractivity contribution >= 4 is 49.3 Å². The molecule has 0 radical (unpaired) electrons. The number of imidazole rings is 1. The van der Waals surface area contributed by atoms with Gasteiger partial charge in [-0.05, 0) is 58.3 Å². The van der Waals surface area contributed by atoms with Gasteiger partial charge in [-0.3, -0.25) is 4.79 Å². The van der Waals surface area contributed by atoms with Gasteiger partial charge in [0.25, 0.3) is 5.56 Å². The fourth-order valence-electron chi connectivity index (χ4n) is 3.00. The topological polar surface area (TPSA) is 52.8 Å². The van der Waals surface area contributed by atoms with E-state index in [0.717, 1.165) is 26.6 Å². The second kappa shape index (κ2) is 6.41. The van der Waals surface area contributed by atoms with Crippen LogP contribution in [0.1, 0.15) is 11.1 Å². The predicted molar refractivity (Wildman–Crippen MR) is 108 cm³/mol. The van der Waals surface area contributed by atoms with Crippen LogP contribution in [0, 0.1) is 6.92 Å². The van der Waals surface area contributed by atoms with Crippen LogP contribution in [0.25, 0.3) is 22.1 Å². The number of methoxy groups -OCH3 is 2. The Hall–Kier alpha value is -2.38. The number of aryl methyl sites for hydroxylation is 1. The van der Waals surface area contributed by atoms with Crippen molar-refractivity contribution in [1.82, 2.24) is 9.38 Å². The van der Waals surface area contributed by atoms with Crippen molar-refractivity contribution in [1.29, 1.82) is 0 Å². The van der Waals surface area contributed by atoms with Gasteiger partial charge in [-0.1, -0.05) is 23.5 Å². The Morgan fingerprint density at radius 1 is 1.23 bits per heavy atom. The first-order chi connectivity index (χ1) is 12.5. The summed E-state index contributed by atoms with van der Waals surface area (Å²) in [5, 5.41) is 0. The molecule has 0 saturated carbocycles. The standard InChI is InChI=1S/C19H15BrN2O3S/c1-10-5-4-6-13-16(10)21-19-22(13)18(23)15(26-19)9-11-7-12(20)17(25-3)14(8-11)24-2/h4-9H,1-3H3/b15-9-. The van der Waals surface area contributed by atoms with Gasteiger partial charge in [0.15, 0.2) is 16.5 Å². The number of hydrogen-bond acceptors (Lipinski definition) is 5. The van der Waals surface area contributed by atoms with Gasteiger partial charge in [0.05, 0.1) is 34.3 Å². The minimum Gasteiger partial charge on any atom is -0.493 e. The second-order valence-electron chi connectivity index (χ2n) is 5.83. The van der Waals surface area contributed by atoms with Crippen molar-refractivity contribution in [3.63, 3.8) is 0 Å². The molecular formula is C19H15BrN2O3S. The molecule has 2 aromatic heterocycles. The van der Waals surface area contributed by atoms with Crippen LogP contribution >= 0.6 is 27.3 Å². The molecule has 0 aliphatic carbocycles. The lowest BCUT2D eigenvalue weighted by Crippen LogP contribution is -2.22. The molecule has 2 aromatic carbocycles. The molecule has 0 amide bonds. The molecule has 0 aliphatic rings. The lowest BCUT2D eigenvalue weighted by atomic mass is 10.2. The Labute approximate surface area is 161 Å². The fourth-order valence-corrected chi connectivity index (χ4v) is 4.60. The largest absolute Gasteiger partial charge is 0.493 e. The summed E-state index contributed by atoms with van der Waals surface area (Å²) in [5.74, 6) is 1.22. The molecule has 5 nitrogen and oxygen atoms in total. The Bertz CT molecular complexity index is 1260. The molecule has 0 N–H and O–H groups in total. The van der Waals surface area contributed by atoms with Crippen LogP contribution in [0.5, 0.6) is 11.5 Å². The van der Waals surface area contributed by atoms with E-state index in [4.69, 9.17) is 9.47 Å². The summed E-state index contributed by atoms with van der Waals surface area (Å²) in [7, 11) is 3.17. The maximum absolute atomic E-state index is 12.9. The van der Waals surface area contributed by atoms with Crippen LogP contribution in [0.4, 0.5) is 0 Å². The molecule has 132 valence electrons. The molecule has 4 aromatic rings. The number of halogens is 1. The van der Waals surface area contributed by atoms with E-state index in [9.17, 15) is 4.79 Å². The van der Waals surface area contributed by atoms with E-state index in [1.54, 1.807) is 18.6 Å². The average molecular weight is 431 g/mol. The Balaban J connectivity index is 1.95. The summed E-state index contributed by atoms with van der Waals surface area (Å²) >= 11 is 4.86. The van der Waals surface area contributed by atoms with Gasteiger partial charge in [0, 0.05) is 0 Å². The highest BCUT2D eigenvalue weighted by Crippen LogP contribution is 2.36. The summed E-state index contributed by atoms with van der Waals surface area (Å²) in [6.45, 7) is 2.00. The molecule has 0 fully saturated rings. The van der Waals surface area contributed by atoms with Crippen molar-refractivity contribution in [2.75, 3.05) is 14.2 Å². The number of ether oxygens (including phenoxy) is 2. The van der Waals surface area contributed by atoms with E-state index in [-0.39, 0.29) is 5.56 Å². The molecule has 0 saturated heterocycles. The van der Waals surface area contributed by atoms with E-state index in [2.05, 4.69) is 20.9 Å². The fraction of sp³-hybridized carbons (Fsp3) is 0.158. The molecule has 0 aliphatic heterocycles. The minimum absolute atomic E-state index is 0.0657. The molecule has 0 spiro atoms. The monoisotopic (exact) mass is 430 g/mol. The predicted octanol–water partition coefficient (Wildman–Crippen LogP) is 3.55. The van der Waals surface area contributed by atoms with Crippen LogP contribution in [0.2, 0.25) is 0 Å². The van der Waals surface area contributed by atoms with Crippen LogP contribution < -0.4 is 19.6 Å². The van der Waals surface area contributed by atoms with Crippen molar-refractivity contribution in [3.05, 3.63) is 60.8 Å². The van der Waals surface area contributed by atoms with Gasteiger partial charge >= 0.3 is 0 Å². The first kappa shape index (κ1) is 17.1. The van der Waals surface area contributed by atoms with Gasteiger partial charge in [-0.2, -0.15) is 0 Å². The third kappa shape index (κ3) is 2.59. The van der Waals surface area contributed by atoms with Gasteiger partial charge in [-0.15, -0.1) is 0 Å². The van der Waals surface area contributed by atoms with Crippen molar-refractivity contribution in [3.8, 4) is 11.5 Å². The molecule has 2 heterocycles. The lowest BCUT2D eigenvalue weighted by Gasteiger charge is -2.10. The number of benzene rings is 2. The van der Waals surface area contributed by atoms with Crippen molar-refractivity contribution < 1.29 is 9.47 Å². The van der Waals surface area contributed by atoms with Crippen LogP contribution in [-0.4, -0.2) is 23.6 Å². The summed E-state index contributed by atoms with van der Waals surface area (Å²) in [5.41, 5.74) is 3.55. The lowest BCUT2D eigenvalue weighted by molar-refractivity contribution is 0.353. The normalized spacial score (nSPS) is 12.2. The number of thiazole rings is 1. The van der Waals surface area contributed by atoms with E-state index in [0.29, 0.717) is 21.0 Å². The van der Waals surface area contributed by atoms with Crippen molar-refractivity contribution in [2.45, 2.75) is 6.92 Å². The minimum atomic E-state index is -0.0657. The molecule has 0 atom stereocenters. The molecular weight excluding hydrogens is 416 g/mol. The van der Waals surface area contributed by atoms with Gasteiger partial charge in [0.2, 0.25) is 0 Å². The Kier molecular flexibility index (Phi) is 4.20. The number of nitrogens with zero attached hydrogens (tertiary/aromatic N) is 2. The highest BCUT2D eigenvalue weighted by atomic mass is 79.9. The van der Waals surface area contributed by atoms with Gasteiger partial charge in [0.1, 0.15) is 0 Å². The van der Waals surface area contributed by atoms with Crippen LogP contribution in [0.15, 0.2) is 39.6 Å². The maximum Gasteiger partial charge on any atom is 0.274 e. The molecule has 7 heteroatoms. The summed E-state index contributed by atoms with van der Waals surface area (Å²) in [6, 6.07) is 9.60. The highest BCUT2D eigenvalue weighted by Gasteiger charge is 2.13. The van der Waals surface area contributed by atoms with E-state index < -0.39 is 0 Å².